The van der Waals surface area contributed by atoms with Gasteiger partial charge in [0.15, 0.2) is 0 Å². The number of anilines is 2. The lowest BCUT2D eigenvalue weighted by Gasteiger charge is -2.16. The highest BCUT2D eigenvalue weighted by atomic mass is 16.1. The molecular weight excluding hydrogens is 348 g/mol. The van der Waals surface area contributed by atoms with Crippen molar-refractivity contribution in [1.29, 1.82) is 0 Å². The number of rotatable bonds is 4. The van der Waals surface area contributed by atoms with Gasteiger partial charge in [-0.05, 0) is 62.9 Å². The minimum atomic E-state index is -0.101. The third-order valence-electron chi connectivity index (χ3n) is 5.66. The van der Waals surface area contributed by atoms with Crippen LogP contribution in [-0.4, -0.2) is 29.0 Å². The Hall–Kier alpha value is -2.95. The van der Waals surface area contributed by atoms with Crippen LogP contribution in [0.5, 0.6) is 0 Å². The van der Waals surface area contributed by atoms with Gasteiger partial charge in [-0.3, -0.25) is 9.78 Å². The monoisotopic (exact) mass is 372 g/mol. The predicted octanol–water partition coefficient (Wildman–Crippen LogP) is 4.67. The van der Waals surface area contributed by atoms with Gasteiger partial charge in [0, 0.05) is 30.1 Å². The fourth-order valence-electron chi connectivity index (χ4n) is 3.93. The van der Waals surface area contributed by atoms with Crippen molar-refractivity contribution in [2.24, 2.45) is 0 Å². The zero-order valence-corrected chi connectivity index (χ0v) is 16.1. The summed E-state index contributed by atoms with van der Waals surface area (Å²) in [4.78, 5) is 24.7. The molecule has 5 heteroatoms. The molecule has 0 spiro atoms. The van der Waals surface area contributed by atoms with Crippen LogP contribution in [0.3, 0.4) is 0 Å². The van der Waals surface area contributed by atoms with Crippen molar-refractivity contribution in [3.8, 4) is 0 Å². The quantitative estimate of drug-likeness (QED) is 0.723. The summed E-state index contributed by atoms with van der Waals surface area (Å²) in [6.45, 7) is 4.16. The highest BCUT2D eigenvalue weighted by molar-refractivity contribution is 6.12. The molecule has 2 fully saturated rings. The first kappa shape index (κ1) is 17.2. The molecule has 1 aromatic carbocycles. The molecule has 0 bridgehead atoms. The second-order valence-corrected chi connectivity index (χ2v) is 7.94. The number of amides is 1. The number of aryl methyl sites for hydroxylation is 1. The van der Waals surface area contributed by atoms with Crippen molar-refractivity contribution in [2.45, 2.75) is 38.5 Å². The maximum Gasteiger partial charge on any atom is 0.256 e. The van der Waals surface area contributed by atoms with Crippen molar-refractivity contribution < 1.29 is 4.79 Å². The number of nitrogens with zero attached hydrogens (tertiary/aromatic N) is 3. The van der Waals surface area contributed by atoms with Gasteiger partial charge in [0.25, 0.3) is 5.91 Å². The zero-order chi connectivity index (χ0) is 19.1. The molecule has 3 aromatic rings. The molecule has 2 aromatic heterocycles. The van der Waals surface area contributed by atoms with E-state index >= 15 is 0 Å². The van der Waals surface area contributed by atoms with E-state index < -0.39 is 0 Å². The van der Waals surface area contributed by atoms with E-state index in [0.717, 1.165) is 59.6 Å². The fraction of sp³-hybridized carbons (Fsp3) is 0.348. The van der Waals surface area contributed by atoms with Gasteiger partial charge in [-0.1, -0.05) is 11.6 Å². The highest BCUT2D eigenvalue weighted by Gasteiger charge is 2.27. The molecule has 1 N–H and O–H groups in total. The summed E-state index contributed by atoms with van der Waals surface area (Å²) < 4.78 is 0. The molecule has 142 valence electrons. The average molecular weight is 372 g/mol. The van der Waals surface area contributed by atoms with Gasteiger partial charge < -0.3 is 10.2 Å². The summed E-state index contributed by atoms with van der Waals surface area (Å²) in [5.74, 6) is 1.38. The van der Waals surface area contributed by atoms with Crippen LogP contribution in [0.1, 0.15) is 53.2 Å². The normalized spacial score (nSPS) is 16.5. The Balaban J connectivity index is 1.44. The van der Waals surface area contributed by atoms with Crippen LogP contribution in [0, 0.1) is 6.92 Å². The summed E-state index contributed by atoms with van der Waals surface area (Å²) in [5.41, 5.74) is 4.46. The summed E-state index contributed by atoms with van der Waals surface area (Å²) in [6, 6.07) is 12.0. The molecule has 5 rings (SSSR count). The number of carbonyl (C=O) groups is 1. The summed E-state index contributed by atoms with van der Waals surface area (Å²) in [5, 5.41) is 3.93. The molecule has 1 aliphatic heterocycles. The molecule has 1 saturated heterocycles. The Morgan fingerprint density at radius 3 is 2.64 bits per heavy atom. The molecule has 1 amide bonds. The molecule has 28 heavy (non-hydrogen) atoms. The van der Waals surface area contributed by atoms with Crippen molar-refractivity contribution in [1.82, 2.24) is 9.97 Å². The molecule has 2 aliphatic rings. The third kappa shape index (κ3) is 3.33. The van der Waals surface area contributed by atoms with Gasteiger partial charge in [0.2, 0.25) is 0 Å². The molecule has 0 radical (unpaired) electrons. The van der Waals surface area contributed by atoms with Crippen molar-refractivity contribution in [2.75, 3.05) is 23.3 Å². The van der Waals surface area contributed by atoms with E-state index in [1.807, 2.05) is 37.3 Å². The van der Waals surface area contributed by atoms with Gasteiger partial charge in [-0.25, -0.2) is 4.98 Å². The van der Waals surface area contributed by atoms with Crippen LogP contribution in [0.4, 0.5) is 11.5 Å². The Morgan fingerprint density at radius 1 is 1.11 bits per heavy atom. The van der Waals surface area contributed by atoms with Gasteiger partial charge in [-0.15, -0.1) is 0 Å². The van der Waals surface area contributed by atoms with Gasteiger partial charge in [0.05, 0.1) is 23.0 Å². The van der Waals surface area contributed by atoms with Gasteiger partial charge in [0.1, 0.15) is 5.82 Å². The van der Waals surface area contributed by atoms with Crippen LogP contribution in [0.15, 0.2) is 42.6 Å². The van der Waals surface area contributed by atoms with E-state index in [0.29, 0.717) is 11.5 Å². The lowest BCUT2D eigenvalue weighted by atomic mass is 10.0. The highest BCUT2D eigenvalue weighted by Crippen LogP contribution is 2.40. The van der Waals surface area contributed by atoms with Gasteiger partial charge >= 0.3 is 0 Å². The topological polar surface area (TPSA) is 58.1 Å². The van der Waals surface area contributed by atoms with E-state index in [9.17, 15) is 4.79 Å². The SMILES string of the molecule is Cc1ccc2nc(C3CC3)cc(C(=O)Nc3ccc(N4CCCC4)nc3)c2c1. The molecule has 1 aliphatic carbocycles. The van der Waals surface area contributed by atoms with E-state index in [4.69, 9.17) is 4.98 Å². The first-order chi connectivity index (χ1) is 13.7. The number of nitrogens with one attached hydrogen (secondary N) is 1. The van der Waals surface area contributed by atoms with E-state index in [2.05, 4.69) is 21.3 Å². The number of hydrogen-bond acceptors (Lipinski definition) is 4. The summed E-state index contributed by atoms with van der Waals surface area (Å²) >= 11 is 0. The fourth-order valence-corrected chi connectivity index (χ4v) is 3.93. The van der Waals surface area contributed by atoms with E-state index in [1.165, 1.54) is 12.8 Å². The van der Waals surface area contributed by atoms with Crippen molar-refractivity contribution in [3.63, 3.8) is 0 Å². The number of carbonyl (C=O) groups excluding carboxylic acids is 1. The molecule has 0 atom stereocenters. The second-order valence-electron chi connectivity index (χ2n) is 7.94. The molecular formula is C23H24N4O. The van der Waals surface area contributed by atoms with E-state index in [1.54, 1.807) is 6.20 Å². The van der Waals surface area contributed by atoms with Crippen molar-refractivity contribution in [3.05, 3.63) is 59.4 Å². The van der Waals surface area contributed by atoms with Crippen LogP contribution in [-0.2, 0) is 0 Å². The van der Waals surface area contributed by atoms with E-state index in [-0.39, 0.29) is 5.91 Å². The molecule has 1 saturated carbocycles. The van der Waals surface area contributed by atoms with Gasteiger partial charge in [-0.2, -0.15) is 0 Å². The Labute approximate surface area is 164 Å². The smallest absolute Gasteiger partial charge is 0.256 e. The third-order valence-corrected chi connectivity index (χ3v) is 5.66. The predicted molar refractivity (Wildman–Crippen MR) is 112 cm³/mol. The Kier molecular flexibility index (Phi) is 4.23. The maximum absolute atomic E-state index is 13.1. The Bertz CT molecular complexity index is 1030. The second kappa shape index (κ2) is 6.89. The largest absolute Gasteiger partial charge is 0.357 e. The number of benzene rings is 1. The lowest BCUT2D eigenvalue weighted by molar-refractivity contribution is 0.102. The number of pyridine rings is 2. The molecule has 5 nitrogen and oxygen atoms in total. The van der Waals surface area contributed by atoms with Crippen LogP contribution >= 0.6 is 0 Å². The molecule has 0 unspecified atom stereocenters. The first-order valence-corrected chi connectivity index (χ1v) is 10.1. The maximum atomic E-state index is 13.1. The number of aromatic nitrogens is 2. The Morgan fingerprint density at radius 2 is 1.93 bits per heavy atom. The number of fused-ring (bicyclic) bond motifs is 1. The molecule has 3 heterocycles. The standard InChI is InChI=1S/C23H24N4O/c1-15-4-8-20-18(12-15)19(13-21(26-20)16-5-6-16)23(28)25-17-7-9-22(24-14-17)27-10-2-3-11-27/h4,7-9,12-14,16H,2-3,5-6,10-11H2,1H3,(H,25,28). The number of hydrogen-bond donors (Lipinski definition) is 1. The minimum Gasteiger partial charge on any atom is -0.357 e. The van der Waals surface area contributed by atoms with Crippen molar-refractivity contribution >= 4 is 28.3 Å². The average Bonchev–Trinajstić information content (AvgIpc) is 3.42. The lowest BCUT2D eigenvalue weighted by Crippen LogP contribution is -2.19. The zero-order valence-electron chi connectivity index (χ0n) is 16.1. The first-order valence-electron chi connectivity index (χ1n) is 10.1. The summed E-state index contributed by atoms with van der Waals surface area (Å²) in [6.07, 6.45) is 6.51. The van der Waals surface area contributed by atoms with Crippen LogP contribution in [0.25, 0.3) is 10.9 Å². The minimum absolute atomic E-state index is 0.101. The van der Waals surface area contributed by atoms with Crippen LogP contribution < -0.4 is 10.2 Å². The summed E-state index contributed by atoms with van der Waals surface area (Å²) in [7, 11) is 0. The van der Waals surface area contributed by atoms with Crippen LogP contribution in [0.2, 0.25) is 0 Å².